The van der Waals surface area contributed by atoms with Gasteiger partial charge in [0.15, 0.2) is 5.82 Å². The van der Waals surface area contributed by atoms with Gasteiger partial charge in [-0.05, 0) is 82.8 Å². The Morgan fingerprint density at radius 3 is 1.89 bits per heavy atom. The molecule has 0 amide bonds. The number of hydrogen-bond donors (Lipinski definition) is 0. The Balaban J connectivity index is 1.04. The maximum Gasteiger partial charge on any atom is 0.160 e. The Labute approximate surface area is 354 Å². The number of aromatic nitrogens is 4. The lowest BCUT2D eigenvalue weighted by molar-refractivity contribution is 1.15. The molecule has 3 heterocycles. The van der Waals surface area contributed by atoms with Crippen LogP contribution in [0, 0.1) is 0 Å². The number of fused-ring (bicyclic) bond motifs is 6. The topological polar surface area (TPSA) is 43.6 Å². The predicted molar refractivity (Wildman–Crippen MR) is 256 cm³/mol. The van der Waals surface area contributed by atoms with Gasteiger partial charge in [0, 0.05) is 38.5 Å². The van der Waals surface area contributed by atoms with Crippen molar-refractivity contribution in [1.82, 2.24) is 19.5 Å². The van der Waals surface area contributed by atoms with Crippen LogP contribution >= 0.6 is 0 Å². The molecule has 0 saturated heterocycles. The van der Waals surface area contributed by atoms with Crippen LogP contribution in [-0.4, -0.2) is 19.5 Å². The van der Waals surface area contributed by atoms with Crippen LogP contribution in [0.2, 0.25) is 0 Å². The van der Waals surface area contributed by atoms with Crippen molar-refractivity contribution in [2.75, 3.05) is 0 Å². The molecule has 61 heavy (non-hydrogen) atoms. The van der Waals surface area contributed by atoms with E-state index in [0.29, 0.717) is 0 Å². The molecule has 3 aromatic heterocycles. The number of nitrogens with zero attached hydrogens (tertiary/aromatic N) is 4. The van der Waals surface area contributed by atoms with Crippen molar-refractivity contribution in [2.45, 2.75) is 13.8 Å². The van der Waals surface area contributed by atoms with Crippen molar-refractivity contribution < 1.29 is 0 Å². The van der Waals surface area contributed by atoms with Gasteiger partial charge in [-0.3, -0.25) is 0 Å². The van der Waals surface area contributed by atoms with Gasteiger partial charge < -0.3 is 4.57 Å². The van der Waals surface area contributed by atoms with E-state index in [4.69, 9.17) is 15.0 Å². The lowest BCUT2D eigenvalue weighted by Gasteiger charge is -2.16. The summed E-state index contributed by atoms with van der Waals surface area (Å²) < 4.78 is 2.40. The van der Waals surface area contributed by atoms with E-state index in [1.165, 1.54) is 32.8 Å². The second-order valence-corrected chi connectivity index (χ2v) is 15.6. The third-order valence-corrected chi connectivity index (χ3v) is 12.0. The molecular weight excluding hydrogens is 741 g/mol. The van der Waals surface area contributed by atoms with Gasteiger partial charge in [0.2, 0.25) is 0 Å². The van der Waals surface area contributed by atoms with Gasteiger partial charge in [-0.2, -0.15) is 0 Å². The summed E-state index contributed by atoms with van der Waals surface area (Å²) in [5.74, 6) is 0.722. The summed E-state index contributed by atoms with van der Waals surface area (Å²) in [7, 11) is 0. The summed E-state index contributed by atoms with van der Waals surface area (Å²) in [5.41, 5.74) is 16.1. The quantitative estimate of drug-likeness (QED) is 0.162. The third-order valence-electron chi connectivity index (χ3n) is 12.0. The molecule has 4 nitrogen and oxygen atoms in total. The molecule has 0 unspecified atom stereocenters. The zero-order valence-electron chi connectivity index (χ0n) is 33.9. The van der Waals surface area contributed by atoms with Crippen LogP contribution in [0.15, 0.2) is 206 Å². The van der Waals surface area contributed by atoms with Crippen LogP contribution in [0.4, 0.5) is 0 Å². The summed E-state index contributed by atoms with van der Waals surface area (Å²) >= 11 is 0. The number of benzene rings is 8. The summed E-state index contributed by atoms with van der Waals surface area (Å²) in [6, 6.07) is 71.2. The van der Waals surface area contributed by atoms with Crippen LogP contribution in [-0.2, 0) is 0 Å². The molecule has 11 rings (SSSR count). The molecule has 0 radical (unpaired) electrons. The predicted octanol–water partition coefficient (Wildman–Crippen LogP) is 15.0. The van der Waals surface area contributed by atoms with Crippen molar-refractivity contribution in [3.05, 3.63) is 212 Å². The minimum absolute atomic E-state index is 0.722. The van der Waals surface area contributed by atoms with E-state index in [1.807, 2.05) is 25.1 Å². The van der Waals surface area contributed by atoms with E-state index in [0.717, 1.165) is 83.8 Å². The Morgan fingerprint density at radius 2 is 1.11 bits per heavy atom. The SMILES string of the molecule is C/C=C(\C)c1cc(-c2ccc(-c3c(-c4ccc(-c5nc6ccccc6c6c5c5ccccc5n6-c5ccccc5)cc4)ccc4ccccc34)cc2)nc(-c2ccccc2)n1. The highest BCUT2D eigenvalue weighted by Gasteiger charge is 2.21. The summed E-state index contributed by atoms with van der Waals surface area (Å²) in [6.45, 7) is 4.15. The molecule has 288 valence electrons. The van der Waals surface area contributed by atoms with Gasteiger partial charge in [0.25, 0.3) is 0 Å². The van der Waals surface area contributed by atoms with Crippen LogP contribution in [0.3, 0.4) is 0 Å². The van der Waals surface area contributed by atoms with E-state index in [-0.39, 0.29) is 0 Å². The zero-order valence-corrected chi connectivity index (χ0v) is 33.9. The highest BCUT2D eigenvalue weighted by atomic mass is 15.0. The first kappa shape index (κ1) is 36.2. The fraction of sp³-hybridized carbons (Fsp3) is 0.0351. The average Bonchev–Trinajstić information content (AvgIpc) is 3.69. The molecule has 0 fully saturated rings. The monoisotopic (exact) mass is 780 g/mol. The lowest BCUT2D eigenvalue weighted by Crippen LogP contribution is -1.97. The van der Waals surface area contributed by atoms with Crippen molar-refractivity contribution in [3.8, 4) is 61.8 Å². The highest BCUT2D eigenvalue weighted by Crippen LogP contribution is 2.43. The Morgan fingerprint density at radius 1 is 0.492 bits per heavy atom. The van der Waals surface area contributed by atoms with Crippen molar-refractivity contribution in [1.29, 1.82) is 0 Å². The van der Waals surface area contributed by atoms with E-state index in [1.54, 1.807) is 0 Å². The molecule has 11 aromatic rings. The first-order chi connectivity index (χ1) is 30.1. The smallest absolute Gasteiger partial charge is 0.160 e. The van der Waals surface area contributed by atoms with Gasteiger partial charge >= 0.3 is 0 Å². The molecule has 0 N–H and O–H groups in total. The summed E-state index contributed by atoms with van der Waals surface area (Å²) in [4.78, 5) is 15.4. The second kappa shape index (κ2) is 15.0. The van der Waals surface area contributed by atoms with E-state index < -0.39 is 0 Å². The first-order valence-electron chi connectivity index (χ1n) is 20.8. The van der Waals surface area contributed by atoms with Gasteiger partial charge in [-0.15, -0.1) is 0 Å². The largest absolute Gasteiger partial charge is 0.308 e. The van der Waals surface area contributed by atoms with E-state index in [9.17, 15) is 0 Å². The summed E-state index contributed by atoms with van der Waals surface area (Å²) in [6.07, 6.45) is 2.10. The molecule has 4 heteroatoms. The van der Waals surface area contributed by atoms with Gasteiger partial charge in [-0.1, -0.05) is 176 Å². The van der Waals surface area contributed by atoms with Crippen molar-refractivity contribution >= 4 is 49.1 Å². The molecule has 0 spiro atoms. The molecule has 0 atom stereocenters. The third kappa shape index (κ3) is 6.28. The number of rotatable bonds is 7. The van der Waals surface area contributed by atoms with Crippen LogP contribution in [0.1, 0.15) is 19.5 Å². The fourth-order valence-corrected chi connectivity index (χ4v) is 8.84. The van der Waals surface area contributed by atoms with Gasteiger partial charge in [-0.25, -0.2) is 15.0 Å². The number of hydrogen-bond acceptors (Lipinski definition) is 3. The Kier molecular flexibility index (Phi) is 8.90. The Hall–Kier alpha value is -7.95. The number of para-hydroxylation sites is 3. The maximum absolute atomic E-state index is 5.39. The van der Waals surface area contributed by atoms with E-state index >= 15 is 0 Å². The average molecular weight is 781 g/mol. The van der Waals surface area contributed by atoms with Crippen molar-refractivity contribution in [2.24, 2.45) is 0 Å². The maximum atomic E-state index is 5.39. The minimum Gasteiger partial charge on any atom is -0.308 e. The Bertz CT molecular complexity index is 3460. The minimum atomic E-state index is 0.722. The lowest BCUT2D eigenvalue weighted by atomic mass is 9.89. The second-order valence-electron chi connectivity index (χ2n) is 15.6. The number of pyridine rings is 1. The fourth-order valence-electron chi connectivity index (χ4n) is 8.84. The van der Waals surface area contributed by atoms with Gasteiger partial charge in [0.05, 0.1) is 33.6 Å². The molecule has 0 aliphatic carbocycles. The number of allylic oxidation sites excluding steroid dienone is 2. The van der Waals surface area contributed by atoms with Crippen LogP contribution < -0.4 is 0 Å². The highest BCUT2D eigenvalue weighted by molar-refractivity contribution is 6.22. The molecular formula is C57H40N4. The molecule has 8 aromatic carbocycles. The van der Waals surface area contributed by atoms with E-state index in [2.05, 4.69) is 200 Å². The summed E-state index contributed by atoms with van der Waals surface area (Å²) in [5, 5.41) is 5.89. The first-order valence-corrected chi connectivity index (χ1v) is 20.8. The normalized spacial score (nSPS) is 11.9. The van der Waals surface area contributed by atoms with Crippen LogP contribution in [0.5, 0.6) is 0 Å². The standard InChI is InChI=1S/C57H40N4/c1-3-37(2)50-36-51(60-57(59-50)43-17-6-4-7-18-43)40-28-30-41(31-29-40)53-45-21-11-10-16-38(45)34-35-46(53)39-26-32-42(33-27-39)55-54-48-23-13-15-25-52(48)61(44-19-8-5-9-20-44)56(54)47-22-12-14-24-49(47)58-55/h3-36H,1-2H3/b37-3+. The van der Waals surface area contributed by atoms with Crippen LogP contribution in [0.25, 0.3) is 111 Å². The zero-order chi connectivity index (χ0) is 40.9. The molecule has 0 aliphatic heterocycles. The molecule has 0 saturated carbocycles. The molecule has 0 bridgehead atoms. The van der Waals surface area contributed by atoms with Gasteiger partial charge in [0.1, 0.15) is 0 Å². The molecule has 0 aliphatic rings. The van der Waals surface area contributed by atoms with Crippen molar-refractivity contribution in [3.63, 3.8) is 0 Å².